The van der Waals surface area contributed by atoms with E-state index in [4.69, 9.17) is 5.11 Å². The minimum atomic E-state index is -3.06. The molecule has 1 aromatic rings. The average Bonchev–Trinajstić information content (AvgIpc) is 2.52. The van der Waals surface area contributed by atoms with Crippen molar-refractivity contribution in [3.8, 4) is 0 Å². The molecular weight excluding hydrogens is 219 g/mol. The molecule has 14 heavy (non-hydrogen) atoms. The molecule has 0 saturated heterocycles. The molecule has 0 radical (unpaired) electrons. The molecule has 0 aromatic carbocycles. The molecule has 0 saturated carbocycles. The number of carboxylic acids is 1. The first-order valence-corrected chi connectivity index (χ1v) is 4.42. The van der Waals surface area contributed by atoms with Crippen LogP contribution >= 0.6 is 11.3 Å². The van der Waals surface area contributed by atoms with E-state index in [1.165, 1.54) is 0 Å². The van der Waals surface area contributed by atoms with Crippen LogP contribution in [0.3, 0.4) is 0 Å². The molecule has 1 heterocycles. The molecule has 1 N–H and O–H groups in total. The molecule has 7 heteroatoms. The zero-order valence-electron chi connectivity index (χ0n) is 6.78. The van der Waals surface area contributed by atoms with Crippen LogP contribution in [0.4, 0.5) is 13.2 Å². The molecule has 0 spiro atoms. The normalized spacial score (nSPS) is 13.1. The summed E-state index contributed by atoms with van der Waals surface area (Å²) in [5.74, 6) is -1.19. The topological polar surface area (TPSA) is 50.2 Å². The van der Waals surface area contributed by atoms with Gasteiger partial charge in [0.25, 0.3) is 6.43 Å². The number of nitrogens with zero attached hydrogens (tertiary/aromatic N) is 1. The fourth-order valence-corrected chi connectivity index (χ4v) is 1.55. The minimum Gasteiger partial charge on any atom is -0.477 e. The van der Waals surface area contributed by atoms with Crippen molar-refractivity contribution in [2.75, 3.05) is 0 Å². The Hall–Kier alpha value is -1.11. The molecule has 3 nitrogen and oxygen atoms in total. The Balaban J connectivity index is 2.64. The summed E-state index contributed by atoms with van der Waals surface area (Å²) in [6, 6.07) is 0. The smallest absolute Gasteiger partial charge is 0.347 e. The maximum atomic E-state index is 12.5. The molecule has 1 unspecified atom stereocenters. The second-order valence-electron chi connectivity index (χ2n) is 2.48. The number of hydrogen-bond donors (Lipinski definition) is 1. The lowest BCUT2D eigenvalue weighted by atomic mass is 10.3. The Morgan fingerprint density at radius 1 is 1.57 bits per heavy atom. The van der Waals surface area contributed by atoms with Gasteiger partial charge in [0.2, 0.25) is 0 Å². The van der Waals surface area contributed by atoms with Gasteiger partial charge in [-0.05, 0) is 0 Å². The molecular formula is C7H6F3NO2S. The van der Waals surface area contributed by atoms with Gasteiger partial charge in [-0.15, -0.1) is 11.3 Å². The van der Waals surface area contributed by atoms with E-state index in [1.54, 1.807) is 0 Å². The number of rotatable bonds is 4. The lowest BCUT2D eigenvalue weighted by Crippen LogP contribution is -2.14. The lowest BCUT2D eigenvalue weighted by molar-refractivity contribution is 0.0503. The molecule has 0 aliphatic heterocycles. The predicted octanol–water partition coefficient (Wildman–Crippen LogP) is 1.99. The highest BCUT2D eigenvalue weighted by atomic mass is 32.1. The number of halogens is 3. The molecule has 78 valence electrons. The molecule has 0 aliphatic carbocycles. The van der Waals surface area contributed by atoms with Crippen molar-refractivity contribution < 1.29 is 23.1 Å². The van der Waals surface area contributed by atoms with Crippen molar-refractivity contribution in [2.24, 2.45) is 0 Å². The van der Waals surface area contributed by atoms with Crippen molar-refractivity contribution in [3.05, 3.63) is 16.1 Å². The monoisotopic (exact) mass is 225 g/mol. The van der Waals surface area contributed by atoms with E-state index in [2.05, 4.69) is 4.98 Å². The first kappa shape index (κ1) is 11.0. The maximum absolute atomic E-state index is 12.5. The standard InChI is InChI=1S/C7H6F3NO2S/c8-3(6(9)10)1-5-11-2-4(14-5)7(12)13/h2-3,6H,1H2,(H,12,13). The Morgan fingerprint density at radius 2 is 2.21 bits per heavy atom. The molecule has 0 fully saturated rings. The van der Waals surface area contributed by atoms with Crippen molar-refractivity contribution in [3.63, 3.8) is 0 Å². The van der Waals surface area contributed by atoms with Crippen molar-refractivity contribution in [2.45, 2.75) is 19.0 Å². The number of hydrogen-bond acceptors (Lipinski definition) is 3. The SMILES string of the molecule is O=C(O)c1cnc(CC(F)C(F)F)s1. The van der Waals surface area contributed by atoms with Gasteiger partial charge in [0.05, 0.1) is 11.2 Å². The summed E-state index contributed by atoms with van der Waals surface area (Å²) < 4.78 is 36.0. The minimum absolute atomic E-state index is 0.0650. The fraction of sp³-hybridized carbons (Fsp3) is 0.429. The third kappa shape index (κ3) is 2.69. The number of thiazole rings is 1. The van der Waals surface area contributed by atoms with Crippen LogP contribution in [-0.4, -0.2) is 28.7 Å². The van der Waals surface area contributed by atoms with Gasteiger partial charge in [-0.2, -0.15) is 0 Å². The number of alkyl halides is 3. The van der Waals surface area contributed by atoms with Crippen LogP contribution in [0.5, 0.6) is 0 Å². The average molecular weight is 225 g/mol. The van der Waals surface area contributed by atoms with E-state index in [-0.39, 0.29) is 9.88 Å². The third-order valence-corrected chi connectivity index (χ3v) is 2.42. The Morgan fingerprint density at radius 3 is 2.64 bits per heavy atom. The van der Waals surface area contributed by atoms with Crippen LogP contribution in [0.15, 0.2) is 6.20 Å². The first-order valence-electron chi connectivity index (χ1n) is 3.61. The van der Waals surface area contributed by atoms with Crippen LogP contribution in [0.25, 0.3) is 0 Å². The largest absolute Gasteiger partial charge is 0.477 e. The predicted molar refractivity (Wildman–Crippen MR) is 43.7 cm³/mol. The quantitative estimate of drug-likeness (QED) is 0.852. The fourth-order valence-electron chi connectivity index (χ4n) is 0.759. The van der Waals surface area contributed by atoms with Crippen molar-refractivity contribution >= 4 is 17.3 Å². The number of carboxylic acid groups (broad SMARTS) is 1. The van der Waals surface area contributed by atoms with Crippen LogP contribution in [-0.2, 0) is 6.42 Å². The number of aromatic nitrogens is 1. The van der Waals surface area contributed by atoms with Crippen molar-refractivity contribution in [1.82, 2.24) is 4.98 Å². The van der Waals surface area contributed by atoms with E-state index in [0.29, 0.717) is 11.3 Å². The summed E-state index contributed by atoms with van der Waals surface area (Å²) in [6.07, 6.45) is -4.87. The second-order valence-corrected chi connectivity index (χ2v) is 3.59. The van der Waals surface area contributed by atoms with E-state index in [1.807, 2.05) is 0 Å². The van der Waals surface area contributed by atoms with Crippen LogP contribution in [0.1, 0.15) is 14.7 Å². The van der Waals surface area contributed by atoms with E-state index >= 15 is 0 Å². The van der Waals surface area contributed by atoms with E-state index in [9.17, 15) is 18.0 Å². The summed E-state index contributed by atoms with van der Waals surface area (Å²) in [5.41, 5.74) is 0. The van der Waals surface area contributed by atoms with Gasteiger partial charge >= 0.3 is 5.97 Å². The van der Waals surface area contributed by atoms with Gasteiger partial charge in [0.15, 0.2) is 6.17 Å². The summed E-state index contributed by atoms with van der Waals surface area (Å²) >= 11 is 0.703. The number of carbonyl (C=O) groups is 1. The second kappa shape index (κ2) is 4.41. The summed E-state index contributed by atoms with van der Waals surface area (Å²) in [4.78, 5) is 13.8. The van der Waals surface area contributed by atoms with Crippen LogP contribution in [0, 0.1) is 0 Å². The zero-order chi connectivity index (χ0) is 10.7. The maximum Gasteiger partial charge on any atom is 0.347 e. The Kier molecular flexibility index (Phi) is 3.45. The van der Waals surface area contributed by atoms with E-state index < -0.39 is 25.0 Å². The van der Waals surface area contributed by atoms with Crippen LogP contribution < -0.4 is 0 Å². The third-order valence-electron chi connectivity index (χ3n) is 1.41. The highest BCUT2D eigenvalue weighted by Crippen LogP contribution is 2.18. The molecule has 0 bridgehead atoms. The summed E-state index contributed by atoms with van der Waals surface area (Å²) in [7, 11) is 0. The van der Waals surface area contributed by atoms with Gasteiger partial charge in [0.1, 0.15) is 4.88 Å². The van der Waals surface area contributed by atoms with Gasteiger partial charge in [-0.3, -0.25) is 0 Å². The Bertz CT molecular complexity index is 328. The lowest BCUT2D eigenvalue weighted by Gasteiger charge is -2.02. The van der Waals surface area contributed by atoms with Gasteiger partial charge < -0.3 is 5.11 Å². The number of aromatic carboxylic acids is 1. The zero-order valence-corrected chi connectivity index (χ0v) is 7.60. The van der Waals surface area contributed by atoms with Crippen molar-refractivity contribution in [1.29, 1.82) is 0 Å². The van der Waals surface area contributed by atoms with Gasteiger partial charge in [-0.25, -0.2) is 22.9 Å². The molecule has 0 amide bonds. The highest BCUT2D eigenvalue weighted by Gasteiger charge is 2.21. The molecule has 1 aromatic heterocycles. The van der Waals surface area contributed by atoms with Crippen LogP contribution in [0.2, 0.25) is 0 Å². The molecule has 1 atom stereocenters. The Labute approximate surface area is 81.2 Å². The summed E-state index contributed by atoms with van der Waals surface area (Å²) in [5, 5.41) is 8.53. The van der Waals surface area contributed by atoms with E-state index in [0.717, 1.165) is 6.20 Å². The molecule has 0 aliphatic rings. The molecule has 1 rings (SSSR count). The van der Waals surface area contributed by atoms with Gasteiger partial charge in [-0.1, -0.05) is 0 Å². The first-order chi connectivity index (χ1) is 6.50. The highest BCUT2D eigenvalue weighted by molar-refractivity contribution is 7.13. The van der Waals surface area contributed by atoms with Gasteiger partial charge in [0, 0.05) is 6.42 Å². The summed E-state index contributed by atoms with van der Waals surface area (Å²) in [6.45, 7) is 0.